The molecule has 0 atom stereocenters. The Hall–Kier alpha value is -2.97. The Morgan fingerprint density at radius 2 is 1.77 bits per heavy atom. The van der Waals surface area contributed by atoms with Crippen molar-refractivity contribution in [3.8, 4) is 0 Å². The van der Waals surface area contributed by atoms with Gasteiger partial charge in [-0.05, 0) is 43.1 Å². The van der Waals surface area contributed by atoms with E-state index in [0.29, 0.717) is 36.4 Å². The molecule has 1 aliphatic heterocycles. The fraction of sp³-hybridized carbons (Fsp3) is 0.409. The van der Waals surface area contributed by atoms with Crippen molar-refractivity contribution in [3.63, 3.8) is 0 Å². The SMILES string of the molecule is COCCNc1nc(N)nc2ccn(Cc3ccc(CN4CCCC4)cc3)c(=O)c12. The van der Waals surface area contributed by atoms with Gasteiger partial charge in [-0.1, -0.05) is 24.3 Å². The summed E-state index contributed by atoms with van der Waals surface area (Å²) in [6.07, 6.45) is 4.34. The third kappa shape index (κ3) is 4.60. The van der Waals surface area contributed by atoms with Crippen LogP contribution in [0.2, 0.25) is 0 Å². The summed E-state index contributed by atoms with van der Waals surface area (Å²) in [5.41, 5.74) is 8.58. The van der Waals surface area contributed by atoms with Gasteiger partial charge in [-0.2, -0.15) is 4.98 Å². The number of nitrogens with one attached hydrogen (secondary N) is 1. The molecule has 0 aliphatic carbocycles. The van der Waals surface area contributed by atoms with Crippen molar-refractivity contribution in [2.24, 2.45) is 0 Å². The molecule has 1 aliphatic rings. The number of likely N-dealkylation sites (tertiary alicyclic amines) is 1. The molecule has 3 aromatic rings. The van der Waals surface area contributed by atoms with Crippen LogP contribution in [-0.2, 0) is 17.8 Å². The smallest absolute Gasteiger partial charge is 0.264 e. The number of pyridine rings is 1. The van der Waals surface area contributed by atoms with Crippen LogP contribution in [-0.4, -0.2) is 52.8 Å². The standard InChI is InChI=1S/C22H28N6O2/c1-30-13-9-24-20-19-18(25-22(23)26-20)8-12-28(21(19)29)15-17-6-4-16(5-7-17)14-27-10-2-3-11-27/h4-8,12H,2-3,9-11,13-15H2,1H3,(H3,23,24,25,26). The van der Waals surface area contributed by atoms with Gasteiger partial charge in [0.1, 0.15) is 11.2 Å². The number of nitrogens with two attached hydrogens (primary N) is 1. The molecule has 0 bridgehead atoms. The molecule has 0 radical (unpaired) electrons. The van der Waals surface area contributed by atoms with Gasteiger partial charge < -0.3 is 20.4 Å². The Kier molecular flexibility index (Phi) is 6.25. The first kappa shape index (κ1) is 20.3. The number of fused-ring (bicyclic) bond motifs is 1. The minimum Gasteiger partial charge on any atom is -0.383 e. The molecule has 30 heavy (non-hydrogen) atoms. The maximum absolute atomic E-state index is 13.2. The van der Waals surface area contributed by atoms with E-state index >= 15 is 0 Å². The summed E-state index contributed by atoms with van der Waals surface area (Å²) < 4.78 is 6.75. The van der Waals surface area contributed by atoms with Crippen LogP contribution in [0.4, 0.5) is 11.8 Å². The van der Waals surface area contributed by atoms with Crippen LogP contribution in [0, 0.1) is 0 Å². The summed E-state index contributed by atoms with van der Waals surface area (Å²) in [7, 11) is 1.62. The molecule has 3 heterocycles. The van der Waals surface area contributed by atoms with Gasteiger partial charge in [-0.3, -0.25) is 9.69 Å². The van der Waals surface area contributed by atoms with E-state index < -0.39 is 0 Å². The third-order valence-electron chi connectivity index (χ3n) is 5.42. The van der Waals surface area contributed by atoms with Crippen LogP contribution in [0.1, 0.15) is 24.0 Å². The van der Waals surface area contributed by atoms with Crippen LogP contribution in [0.15, 0.2) is 41.3 Å². The quantitative estimate of drug-likeness (QED) is 0.551. The van der Waals surface area contributed by atoms with Crippen LogP contribution in [0.3, 0.4) is 0 Å². The number of nitrogen functional groups attached to an aromatic ring is 1. The molecule has 0 amide bonds. The Balaban J connectivity index is 1.56. The van der Waals surface area contributed by atoms with Crippen molar-refractivity contribution in [1.29, 1.82) is 0 Å². The van der Waals surface area contributed by atoms with E-state index in [1.54, 1.807) is 23.9 Å². The van der Waals surface area contributed by atoms with Crippen LogP contribution in [0.25, 0.3) is 10.9 Å². The van der Waals surface area contributed by atoms with Crippen molar-refractivity contribution in [2.75, 3.05) is 44.4 Å². The second-order valence-corrected chi connectivity index (χ2v) is 7.66. The highest BCUT2D eigenvalue weighted by Crippen LogP contribution is 2.18. The molecular formula is C22H28N6O2. The van der Waals surface area contributed by atoms with E-state index in [4.69, 9.17) is 10.5 Å². The topological polar surface area (TPSA) is 98.3 Å². The van der Waals surface area contributed by atoms with Gasteiger partial charge in [0.25, 0.3) is 5.56 Å². The van der Waals surface area contributed by atoms with E-state index in [1.165, 1.54) is 31.5 Å². The lowest BCUT2D eigenvalue weighted by Gasteiger charge is -2.15. The Bertz CT molecular complexity index is 1060. The van der Waals surface area contributed by atoms with Crippen molar-refractivity contribution in [3.05, 3.63) is 58.0 Å². The molecule has 3 N–H and O–H groups in total. The van der Waals surface area contributed by atoms with E-state index in [1.807, 2.05) is 0 Å². The van der Waals surface area contributed by atoms with Crippen molar-refractivity contribution >= 4 is 22.7 Å². The van der Waals surface area contributed by atoms with E-state index in [-0.39, 0.29) is 11.5 Å². The first-order valence-corrected chi connectivity index (χ1v) is 10.3. The zero-order chi connectivity index (χ0) is 20.9. The van der Waals surface area contributed by atoms with Gasteiger partial charge in [0.05, 0.1) is 18.7 Å². The largest absolute Gasteiger partial charge is 0.383 e. The Morgan fingerprint density at radius 3 is 2.47 bits per heavy atom. The number of aromatic nitrogens is 3. The highest BCUT2D eigenvalue weighted by Gasteiger charge is 2.13. The van der Waals surface area contributed by atoms with Gasteiger partial charge in [0.15, 0.2) is 0 Å². The van der Waals surface area contributed by atoms with Gasteiger partial charge >= 0.3 is 0 Å². The predicted octanol–water partition coefficient (Wildman–Crippen LogP) is 2.08. The molecule has 1 fully saturated rings. The van der Waals surface area contributed by atoms with Crippen molar-refractivity contribution < 1.29 is 4.74 Å². The van der Waals surface area contributed by atoms with Crippen LogP contribution in [0.5, 0.6) is 0 Å². The van der Waals surface area contributed by atoms with E-state index in [0.717, 1.165) is 12.1 Å². The summed E-state index contributed by atoms with van der Waals surface area (Å²) in [4.78, 5) is 24.1. The lowest BCUT2D eigenvalue weighted by Crippen LogP contribution is -2.23. The summed E-state index contributed by atoms with van der Waals surface area (Å²) in [5.74, 6) is 0.572. The number of benzene rings is 1. The number of methoxy groups -OCH3 is 1. The molecule has 0 spiro atoms. The lowest BCUT2D eigenvalue weighted by molar-refractivity contribution is 0.210. The number of anilines is 2. The normalized spacial score (nSPS) is 14.4. The van der Waals surface area contributed by atoms with Crippen LogP contribution >= 0.6 is 0 Å². The molecule has 1 aromatic carbocycles. The summed E-state index contributed by atoms with van der Waals surface area (Å²) in [5, 5.41) is 3.57. The Labute approximate surface area is 175 Å². The number of rotatable bonds is 8. The number of ether oxygens (including phenoxy) is 1. The first-order valence-electron chi connectivity index (χ1n) is 10.3. The molecule has 2 aromatic heterocycles. The van der Waals surface area contributed by atoms with Crippen LogP contribution < -0.4 is 16.6 Å². The zero-order valence-electron chi connectivity index (χ0n) is 17.3. The van der Waals surface area contributed by atoms with Crippen molar-refractivity contribution in [2.45, 2.75) is 25.9 Å². The molecule has 8 nitrogen and oxygen atoms in total. The fourth-order valence-corrected chi connectivity index (χ4v) is 3.87. The molecule has 0 saturated carbocycles. The van der Waals surface area contributed by atoms with Crippen molar-refractivity contribution in [1.82, 2.24) is 19.4 Å². The molecule has 158 valence electrons. The number of hydrogen-bond donors (Lipinski definition) is 2. The Morgan fingerprint density at radius 1 is 1.07 bits per heavy atom. The molecular weight excluding hydrogens is 380 g/mol. The lowest BCUT2D eigenvalue weighted by atomic mass is 10.1. The monoisotopic (exact) mass is 408 g/mol. The average molecular weight is 409 g/mol. The fourth-order valence-electron chi connectivity index (χ4n) is 3.87. The second-order valence-electron chi connectivity index (χ2n) is 7.66. The molecule has 8 heteroatoms. The average Bonchev–Trinajstić information content (AvgIpc) is 3.24. The van der Waals surface area contributed by atoms with Gasteiger partial charge in [0.2, 0.25) is 5.95 Å². The molecule has 4 rings (SSSR count). The minimum atomic E-state index is -0.145. The zero-order valence-corrected chi connectivity index (χ0v) is 17.3. The van der Waals surface area contributed by atoms with Gasteiger partial charge in [-0.15, -0.1) is 0 Å². The summed E-state index contributed by atoms with van der Waals surface area (Å²) in [6.45, 7) is 4.86. The third-order valence-corrected chi connectivity index (χ3v) is 5.42. The number of nitrogens with zero attached hydrogens (tertiary/aromatic N) is 4. The summed E-state index contributed by atoms with van der Waals surface area (Å²) >= 11 is 0. The minimum absolute atomic E-state index is 0.133. The highest BCUT2D eigenvalue weighted by molar-refractivity contribution is 5.89. The van der Waals surface area contributed by atoms with Gasteiger partial charge in [-0.25, -0.2) is 4.98 Å². The predicted molar refractivity (Wildman–Crippen MR) is 119 cm³/mol. The maximum atomic E-state index is 13.2. The number of hydrogen-bond acceptors (Lipinski definition) is 7. The highest BCUT2D eigenvalue weighted by atomic mass is 16.5. The molecule has 1 saturated heterocycles. The van der Waals surface area contributed by atoms with E-state index in [9.17, 15) is 4.79 Å². The molecule has 0 unspecified atom stereocenters. The van der Waals surface area contributed by atoms with Gasteiger partial charge in [0, 0.05) is 26.4 Å². The summed E-state index contributed by atoms with van der Waals surface area (Å²) in [6, 6.07) is 10.3. The van der Waals surface area contributed by atoms with E-state index in [2.05, 4.69) is 44.5 Å². The second kappa shape index (κ2) is 9.23. The first-order chi connectivity index (χ1) is 14.6. The maximum Gasteiger partial charge on any atom is 0.264 e.